The number of hydrogen-bond donors (Lipinski definition) is 2. The Labute approximate surface area is 162 Å². The van der Waals surface area contributed by atoms with Crippen molar-refractivity contribution in [3.63, 3.8) is 0 Å². The highest BCUT2D eigenvalue weighted by Crippen LogP contribution is 2.21. The first-order valence-electron chi connectivity index (χ1n) is 8.36. The Balaban J connectivity index is 1.54. The summed E-state index contributed by atoms with van der Waals surface area (Å²) < 4.78 is 29.4. The van der Waals surface area contributed by atoms with E-state index in [4.69, 9.17) is 0 Å². The van der Waals surface area contributed by atoms with Gasteiger partial charge in [-0.05, 0) is 42.3 Å². The van der Waals surface area contributed by atoms with Crippen molar-refractivity contribution < 1.29 is 13.2 Å². The monoisotopic (exact) mass is 404 g/mol. The van der Waals surface area contributed by atoms with Gasteiger partial charge >= 0.3 is 0 Å². The third-order valence-electron chi connectivity index (χ3n) is 3.82. The van der Waals surface area contributed by atoms with E-state index in [9.17, 15) is 13.2 Å². The van der Waals surface area contributed by atoms with Gasteiger partial charge in [-0.2, -0.15) is 5.10 Å². The van der Waals surface area contributed by atoms with E-state index in [0.29, 0.717) is 19.5 Å². The van der Waals surface area contributed by atoms with Crippen molar-refractivity contribution in [2.24, 2.45) is 0 Å². The maximum atomic E-state index is 12.4. The van der Waals surface area contributed by atoms with E-state index in [1.165, 1.54) is 6.92 Å². The van der Waals surface area contributed by atoms with Crippen LogP contribution in [0, 0.1) is 0 Å². The predicted molar refractivity (Wildman–Crippen MR) is 104 cm³/mol. The second-order valence-corrected chi connectivity index (χ2v) is 9.06. The van der Waals surface area contributed by atoms with E-state index in [1.54, 1.807) is 23.0 Å². The van der Waals surface area contributed by atoms with Gasteiger partial charge in [0, 0.05) is 30.7 Å². The molecule has 0 fully saturated rings. The molecule has 3 rings (SSSR count). The molecule has 7 nitrogen and oxygen atoms in total. The van der Waals surface area contributed by atoms with Crippen LogP contribution in [0.4, 0.5) is 0 Å². The van der Waals surface area contributed by atoms with Crippen LogP contribution >= 0.6 is 11.3 Å². The first-order valence-corrected chi connectivity index (χ1v) is 10.7. The number of carbonyl (C=O) groups excluding carboxylic acids is 1. The van der Waals surface area contributed by atoms with Crippen molar-refractivity contribution in [3.05, 3.63) is 65.3 Å². The van der Waals surface area contributed by atoms with Crippen LogP contribution in [0.15, 0.2) is 59.1 Å². The number of thiophene rings is 1. The van der Waals surface area contributed by atoms with Crippen molar-refractivity contribution >= 4 is 27.3 Å². The van der Waals surface area contributed by atoms with Crippen LogP contribution in [0.5, 0.6) is 0 Å². The second-order valence-electron chi connectivity index (χ2n) is 5.90. The Hall–Kier alpha value is -2.49. The molecule has 2 heterocycles. The smallest absolute Gasteiger partial charge is 0.250 e. The number of aromatic nitrogens is 2. The zero-order chi connectivity index (χ0) is 19.3. The number of nitrogens with one attached hydrogen (secondary N) is 2. The highest BCUT2D eigenvalue weighted by atomic mass is 32.2. The summed E-state index contributed by atoms with van der Waals surface area (Å²) >= 11 is 1.15. The molecule has 0 saturated heterocycles. The lowest BCUT2D eigenvalue weighted by Gasteiger charge is -2.06. The maximum Gasteiger partial charge on any atom is 0.250 e. The van der Waals surface area contributed by atoms with Gasteiger partial charge in [0.1, 0.15) is 4.21 Å². The summed E-state index contributed by atoms with van der Waals surface area (Å²) in [7, 11) is -3.55. The summed E-state index contributed by atoms with van der Waals surface area (Å²) in [5.41, 5.74) is 1.99. The fourth-order valence-electron chi connectivity index (χ4n) is 2.45. The molecule has 0 aliphatic rings. The third kappa shape index (κ3) is 5.25. The van der Waals surface area contributed by atoms with Crippen molar-refractivity contribution in [3.8, 4) is 5.69 Å². The minimum absolute atomic E-state index is 0.149. The predicted octanol–water partition coefficient (Wildman–Crippen LogP) is 2.09. The Morgan fingerprint density at radius 3 is 2.63 bits per heavy atom. The van der Waals surface area contributed by atoms with Crippen molar-refractivity contribution in [1.82, 2.24) is 19.8 Å². The van der Waals surface area contributed by atoms with Gasteiger partial charge in [-0.3, -0.25) is 4.79 Å². The molecule has 0 aliphatic carbocycles. The normalized spacial score (nSPS) is 11.4. The molecule has 27 heavy (non-hydrogen) atoms. The number of carbonyl (C=O) groups is 1. The summed E-state index contributed by atoms with van der Waals surface area (Å²) in [6.07, 6.45) is 4.17. The zero-order valence-electron chi connectivity index (χ0n) is 14.8. The Morgan fingerprint density at radius 1 is 1.19 bits per heavy atom. The first kappa shape index (κ1) is 19.3. The molecule has 0 aliphatic heterocycles. The molecule has 0 saturated carbocycles. The van der Waals surface area contributed by atoms with E-state index in [0.717, 1.165) is 27.5 Å². The molecule has 0 spiro atoms. The van der Waals surface area contributed by atoms with Crippen LogP contribution in [0.25, 0.3) is 5.69 Å². The van der Waals surface area contributed by atoms with Crippen LogP contribution < -0.4 is 10.0 Å². The van der Waals surface area contributed by atoms with Gasteiger partial charge in [0.25, 0.3) is 0 Å². The van der Waals surface area contributed by atoms with Crippen molar-refractivity contribution in [2.75, 3.05) is 6.54 Å². The molecule has 0 radical (unpaired) electrons. The molecule has 1 amide bonds. The van der Waals surface area contributed by atoms with Gasteiger partial charge in [-0.15, -0.1) is 11.3 Å². The largest absolute Gasteiger partial charge is 0.351 e. The third-order valence-corrected chi connectivity index (χ3v) is 6.86. The SMILES string of the molecule is CC(=O)NCc1ccc(S(=O)(=O)NCCc2ccc(-n3cccn3)cc2)s1. The van der Waals surface area contributed by atoms with Crippen LogP contribution in [0.3, 0.4) is 0 Å². The number of sulfonamides is 1. The minimum atomic E-state index is -3.55. The Kier molecular flexibility index (Phi) is 6.04. The average molecular weight is 405 g/mol. The molecule has 3 aromatic rings. The number of amides is 1. The van der Waals surface area contributed by atoms with E-state index in [2.05, 4.69) is 15.1 Å². The number of nitrogens with zero attached hydrogens (tertiary/aromatic N) is 2. The van der Waals surface area contributed by atoms with Crippen LogP contribution in [-0.2, 0) is 27.8 Å². The molecular formula is C18H20N4O3S2. The number of hydrogen-bond acceptors (Lipinski definition) is 5. The highest BCUT2D eigenvalue weighted by Gasteiger charge is 2.16. The van der Waals surface area contributed by atoms with E-state index in [1.807, 2.05) is 36.5 Å². The van der Waals surface area contributed by atoms with Crippen LogP contribution in [-0.4, -0.2) is 30.7 Å². The molecule has 0 unspecified atom stereocenters. The molecule has 2 N–H and O–H groups in total. The fourth-order valence-corrected chi connectivity index (χ4v) is 4.82. The second kappa shape index (κ2) is 8.47. The average Bonchev–Trinajstić information content (AvgIpc) is 3.33. The molecule has 142 valence electrons. The lowest BCUT2D eigenvalue weighted by Crippen LogP contribution is -2.25. The van der Waals surface area contributed by atoms with E-state index in [-0.39, 0.29) is 10.1 Å². The standard InChI is InChI=1S/C18H20N4O3S2/c1-14(23)19-13-17-7-8-18(26-17)27(24,25)21-11-9-15-3-5-16(6-4-15)22-12-2-10-20-22/h2-8,10,12,21H,9,11,13H2,1H3,(H,19,23). The molecule has 0 atom stereocenters. The van der Waals surface area contributed by atoms with Gasteiger partial charge < -0.3 is 5.32 Å². The Bertz CT molecular complexity index is 994. The fraction of sp³-hybridized carbons (Fsp3) is 0.222. The highest BCUT2D eigenvalue weighted by molar-refractivity contribution is 7.91. The lowest BCUT2D eigenvalue weighted by molar-refractivity contribution is -0.119. The topological polar surface area (TPSA) is 93.1 Å². The summed E-state index contributed by atoms with van der Waals surface area (Å²) in [6, 6.07) is 12.9. The van der Waals surface area contributed by atoms with Gasteiger partial charge in [0.15, 0.2) is 0 Å². The van der Waals surface area contributed by atoms with Gasteiger partial charge in [0.2, 0.25) is 15.9 Å². The van der Waals surface area contributed by atoms with Crippen molar-refractivity contribution in [2.45, 2.75) is 24.1 Å². The summed E-state index contributed by atoms with van der Waals surface area (Å²) in [6.45, 7) is 2.06. The Morgan fingerprint density at radius 2 is 1.96 bits per heavy atom. The number of rotatable bonds is 8. The number of benzene rings is 1. The van der Waals surface area contributed by atoms with Gasteiger partial charge in [-0.25, -0.2) is 17.8 Å². The summed E-state index contributed by atoms with van der Waals surface area (Å²) in [4.78, 5) is 11.7. The van der Waals surface area contributed by atoms with Gasteiger partial charge in [0.05, 0.1) is 12.2 Å². The molecule has 2 aromatic heterocycles. The van der Waals surface area contributed by atoms with E-state index < -0.39 is 10.0 Å². The molecular weight excluding hydrogens is 384 g/mol. The van der Waals surface area contributed by atoms with Crippen LogP contribution in [0.2, 0.25) is 0 Å². The van der Waals surface area contributed by atoms with Gasteiger partial charge in [-0.1, -0.05) is 12.1 Å². The van der Waals surface area contributed by atoms with E-state index >= 15 is 0 Å². The lowest BCUT2D eigenvalue weighted by atomic mass is 10.1. The zero-order valence-corrected chi connectivity index (χ0v) is 16.4. The van der Waals surface area contributed by atoms with Crippen LogP contribution in [0.1, 0.15) is 17.4 Å². The molecule has 1 aromatic carbocycles. The molecule has 9 heteroatoms. The molecule has 0 bridgehead atoms. The first-order chi connectivity index (χ1) is 12.9. The summed E-state index contributed by atoms with van der Waals surface area (Å²) in [5, 5.41) is 6.83. The quantitative estimate of drug-likeness (QED) is 0.601. The van der Waals surface area contributed by atoms with Crippen molar-refractivity contribution in [1.29, 1.82) is 0 Å². The summed E-state index contributed by atoms with van der Waals surface area (Å²) in [5.74, 6) is -0.149. The maximum absolute atomic E-state index is 12.4. The minimum Gasteiger partial charge on any atom is -0.351 e.